The second-order valence-corrected chi connectivity index (χ2v) is 5.71. The van der Waals surface area contributed by atoms with Crippen LogP contribution in [0.25, 0.3) is 0 Å². The van der Waals surface area contributed by atoms with Crippen LogP contribution in [0.5, 0.6) is 0 Å². The predicted octanol–water partition coefficient (Wildman–Crippen LogP) is 3.62. The van der Waals surface area contributed by atoms with Crippen LogP contribution in [0.4, 0.5) is 19.0 Å². The molecule has 2 rings (SSSR count). The third-order valence-corrected chi connectivity index (χ3v) is 3.55. The first-order valence-electron chi connectivity index (χ1n) is 6.81. The van der Waals surface area contributed by atoms with Crippen LogP contribution in [0.3, 0.4) is 0 Å². The first-order chi connectivity index (χ1) is 10.5. The van der Waals surface area contributed by atoms with E-state index in [0.29, 0.717) is 17.0 Å². The molecule has 0 radical (unpaired) electrons. The van der Waals surface area contributed by atoms with E-state index in [1.165, 1.54) is 0 Å². The molecule has 1 amide bonds. The fourth-order valence-corrected chi connectivity index (χ4v) is 2.44. The largest absolute Gasteiger partial charge is 0.416 e. The van der Waals surface area contributed by atoms with Gasteiger partial charge in [0.25, 0.3) is 0 Å². The number of halogens is 3. The molecule has 0 bridgehead atoms. The molecule has 0 atom stereocenters. The van der Waals surface area contributed by atoms with E-state index in [0.717, 1.165) is 18.3 Å². The minimum atomic E-state index is -4.50. The van der Waals surface area contributed by atoms with Crippen LogP contribution in [0.2, 0.25) is 0 Å². The SMILES string of the molecule is Cc1noc(C)c1C(C)(C)C(=O)Nc1cc(C(F)(F)F)ccn1. The lowest BCUT2D eigenvalue weighted by Gasteiger charge is -2.23. The second-order valence-electron chi connectivity index (χ2n) is 5.71. The van der Waals surface area contributed by atoms with Gasteiger partial charge in [0.15, 0.2) is 0 Å². The molecular formula is C15H16F3N3O2. The van der Waals surface area contributed by atoms with Crippen molar-refractivity contribution in [2.24, 2.45) is 0 Å². The lowest BCUT2D eigenvalue weighted by molar-refractivity contribution is -0.137. The molecule has 1 N–H and O–H groups in total. The zero-order valence-electron chi connectivity index (χ0n) is 13.1. The third kappa shape index (κ3) is 3.35. The van der Waals surface area contributed by atoms with Crippen LogP contribution < -0.4 is 5.32 Å². The number of rotatable bonds is 3. The van der Waals surface area contributed by atoms with Crippen LogP contribution in [0.1, 0.15) is 36.4 Å². The van der Waals surface area contributed by atoms with E-state index < -0.39 is 23.1 Å². The predicted molar refractivity (Wildman–Crippen MR) is 76.9 cm³/mol. The number of amides is 1. The molecular weight excluding hydrogens is 311 g/mol. The molecule has 2 aromatic rings. The van der Waals surface area contributed by atoms with Crippen LogP contribution in [-0.2, 0) is 16.4 Å². The lowest BCUT2D eigenvalue weighted by Crippen LogP contribution is -2.36. The Bertz CT molecular complexity index is 716. The molecule has 2 aromatic heterocycles. The molecule has 0 unspecified atom stereocenters. The first-order valence-corrected chi connectivity index (χ1v) is 6.81. The molecule has 0 saturated heterocycles. The fraction of sp³-hybridized carbons (Fsp3) is 0.400. The molecule has 0 saturated carbocycles. The Labute approximate surface area is 130 Å². The van der Waals surface area contributed by atoms with Crippen molar-refractivity contribution >= 4 is 11.7 Å². The van der Waals surface area contributed by atoms with Gasteiger partial charge in [-0.1, -0.05) is 5.16 Å². The van der Waals surface area contributed by atoms with Crippen LogP contribution in [-0.4, -0.2) is 16.0 Å². The second kappa shape index (κ2) is 5.68. The van der Waals surface area contributed by atoms with Gasteiger partial charge < -0.3 is 9.84 Å². The molecule has 0 aliphatic heterocycles. The summed E-state index contributed by atoms with van der Waals surface area (Å²) in [5.41, 5.74) is -0.760. The molecule has 23 heavy (non-hydrogen) atoms. The van der Waals surface area contributed by atoms with Gasteiger partial charge in [-0.15, -0.1) is 0 Å². The molecule has 5 nitrogen and oxygen atoms in total. The monoisotopic (exact) mass is 327 g/mol. The fourth-order valence-electron chi connectivity index (χ4n) is 2.44. The topological polar surface area (TPSA) is 68.0 Å². The summed E-state index contributed by atoms with van der Waals surface area (Å²) in [5, 5.41) is 6.22. The zero-order chi connectivity index (χ0) is 17.4. The maximum Gasteiger partial charge on any atom is 0.416 e. The molecule has 2 heterocycles. The standard InChI is InChI=1S/C15H16F3N3O2/c1-8-12(9(2)23-21-8)14(3,4)13(22)20-11-7-10(5-6-19-11)15(16,17)18/h5-7H,1-4H3,(H,19,20,22). The maximum atomic E-state index is 12.7. The normalized spacial score (nSPS) is 12.3. The Morgan fingerprint density at radius 2 is 1.91 bits per heavy atom. The molecule has 0 aliphatic rings. The maximum absolute atomic E-state index is 12.7. The number of alkyl halides is 3. The van der Waals surface area contributed by atoms with Gasteiger partial charge in [-0.05, 0) is 39.8 Å². The number of carbonyl (C=O) groups is 1. The highest BCUT2D eigenvalue weighted by Gasteiger charge is 2.36. The van der Waals surface area contributed by atoms with Crippen molar-refractivity contribution in [2.45, 2.75) is 39.3 Å². The molecule has 0 aromatic carbocycles. The number of aryl methyl sites for hydroxylation is 2. The van der Waals surface area contributed by atoms with Crippen molar-refractivity contribution in [3.8, 4) is 0 Å². The van der Waals surface area contributed by atoms with Gasteiger partial charge in [-0.3, -0.25) is 4.79 Å². The molecule has 0 spiro atoms. The summed E-state index contributed by atoms with van der Waals surface area (Å²) in [6, 6.07) is 1.64. The zero-order valence-corrected chi connectivity index (χ0v) is 13.1. The van der Waals surface area contributed by atoms with Crippen LogP contribution in [0.15, 0.2) is 22.9 Å². The van der Waals surface area contributed by atoms with E-state index in [2.05, 4.69) is 15.5 Å². The van der Waals surface area contributed by atoms with Crippen LogP contribution >= 0.6 is 0 Å². The molecule has 124 valence electrons. The van der Waals surface area contributed by atoms with Crippen molar-refractivity contribution in [3.05, 3.63) is 40.9 Å². The van der Waals surface area contributed by atoms with E-state index in [9.17, 15) is 18.0 Å². The summed E-state index contributed by atoms with van der Waals surface area (Å²) in [6.45, 7) is 6.65. The Balaban J connectivity index is 2.29. The van der Waals surface area contributed by atoms with Crippen molar-refractivity contribution < 1.29 is 22.5 Å². The number of nitrogens with zero attached hydrogens (tertiary/aromatic N) is 2. The number of anilines is 1. The van der Waals surface area contributed by atoms with E-state index in [1.54, 1.807) is 27.7 Å². The van der Waals surface area contributed by atoms with Gasteiger partial charge in [0, 0.05) is 11.8 Å². The number of pyridine rings is 1. The van der Waals surface area contributed by atoms with Gasteiger partial charge in [-0.2, -0.15) is 13.2 Å². The first kappa shape index (κ1) is 17.0. The van der Waals surface area contributed by atoms with E-state index in [4.69, 9.17) is 4.52 Å². The Morgan fingerprint density at radius 3 is 2.43 bits per heavy atom. The summed E-state index contributed by atoms with van der Waals surface area (Å²) in [4.78, 5) is 16.3. The Hall–Kier alpha value is -2.38. The van der Waals surface area contributed by atoms with Crippen molar-refractivity contribution in [2.75, 3.05) is 5.32 Å². The van der Waals surface area contributed by atoms with Gasteiger partial charge in [0.1, 0.15) is 11.6 Å². The van der Waals surface area contributed by atoms with E-state index >= 15 is 0 Å². The highest BCUT2D eigenvalue weighted by atomic mass is 19.4. The van der Waals surface area contributed by atoms with Gasteiger partial charge >= 0.3 is 6.18 Å². The van der Waals surface area contributed by atoms with Gasteiger partial charge in [0.05, 0.1) is 16.7 Å². The average molecular weight is 327 g/mol. The number of hydrogen-bond acceptors (Lipinski definition) is 4. The van der Waals surface area contributed by atoms with Gasteiger partial charge in [-0.25, -0.2) is 4.98 Å². The van der Waals surface area contributed by atoms with Crippen molar-refractivity contribution in [1.29, 1.82) is 0 Å². The minimum Gasteiger partial charge on any atom is -0.361 e. The minimum absolute atomic E-state index is 0.162. The number of aromatic nitrogens is 2. The van der Waals surface area contributed by atoms with Gasteiger partial charge in [0.2, 0.25) is 5.91 Å². The highest BCUT2D eigenvalue weighted by molar-refractivity contribution is 5.98. The lowest BCUT2D eigenvalue weighted by atomic mass is 9.82. The molecule has 0 fully saturated rings. The quantitative estimate of drug-likeness (QED) is 0.935. The van der Waals surface area contributed by atoms with Crippen molar-refractivity contribution in [1.82, 2.24) is 10.1 Å². The number of nitrogens with one attached hydrogen (secondary N) is 1. The molecule has 8 heteroatoms. The number of carbonyl (C=O) groups excluding carboxylic acids is 1. The smallest absolute Gasteiger partial charge is 0.361 e. The van der Waals surface area contributed by atoms with Crippen LogP contribution in [0, 0.1) is 13.8 Å². The van der Waals surface area contributed by atoms with E-state index in [1.807, 2.05) is 0 Å². The summed E-state index contributed by atoms with van der Waals surface area (Å²) in [7, 11) is 0. The summed E-state index contributed by atoms with van der Waals surface area (Å²) >= 11 is 0. The van der Waals surface area contributed by atoms with Crippen molar-refractivity contribution in [3.63, 3.8) is 0 Å². The number of hydrogen-bond donors (Lipinski definition) is 1. The molecule has 0 aliphatic carbocycles. The van der Waals surface area contributed by atoms with E-state index in [-0.39, 0.29) is 5.82 Å². The summed E-state index contributed by atoms with van der Waals surface area (Å²) in [6.07, 6.45) is -3.50. The summed E-state index contributed by atoms with van der Waals surface area (Å²) in [5.74, 6) is -0.178. The third-order valence-electron chi connectivity index (χ3n) is 3.55. The Kier molecular flexibility index (Phi) is 4.19. The highest BCUT2D eigenvalue weighted by Crippen LogP contribution is 2.32. The Morgan fingerprint density at radius 1 is 1.26 bits per heavy atom. The summed E-state index contributed by atoms with van der Waals surface area (Å²) < 4.78 is 43.2. The average Bonchev–Trinajstić information content (AvgIpc) is 2.78.